The van der Waals surface area contributed by atoms with Crippen molar-refractivity contribution in [3.8, 4) is 0 Å². The minimum atomic E-state index is 0.0540. The van der Waals surface area contributed by atoms with Crippen LogP contribution in [-0.2, 0) is 0 Å². The Balaban J connectivity index is 1.98. The first-order valence-corrected chi connectivity index (χ1v) is 6.76. The average Bonchev–Trinajstić information content (AvgIpc) is 2.65. The van der Waals surface area contributed by atoms with Crippen LogP contribution in [0, 0.1) is 6.92 Å². The van der Waals surface area contributed by atoms with Crippen LogP contribution in [0.25, 0.3) is 0 Å². The molecule has 1 aromatic heterocycles. The van der Waals surface area contributed by atoms with Crippen LogP contribution in [0.15, 0.2) is 18.3 Å². The van der Waals surface area contributed by atoms with Crippen molar-refractivity contribution in [2.45, 2.75) is 13.3 Å². The van der Waals surface area contributed by atoms with Gasteiger partial charge in [0.25, 0.3) is 5.91 Å². The zero-order valence-corrected chi connectivity index (χ0v) is 11.4. The first kappa shape index (κ1) is 14.0. The summed E-state index contributed by atoms with van der Waals surface area (Å²) in [5.41, 5.74) is 1.57. The van der Waals surface area contributed by atoms with Gasteiger partial charge in [0.2, 0.25) is 0 Å². The quantitative estimate of drug-likeness (QED) is 0.864. The second kappa shape index (κ2) is 6.63. The van der Waals surface area contributed by atoms with Gasteiger partial charge in [-0.1, -0.05) is 0 Å². The normalized spacial score (nSPS) is 17.3. The Morgan fingerprint density at radius 2 is 2.16 bits per heavy atom. The molecule has 1 aliphatic rings. The van der Waals surface area contributed by atoms with Gasteiger partial charge in [-0.15, -0.1) is 0 Å². The summed E-state index contributed by atoms with van der Waals surface area (Å²) in [6.07, 6.45) is 2.60. The van der Waals surface area contributed by atoms with E-state index in [1.165, 1.54) is 0 Å². The van der Waals surface area contributed by atoms with E-state index in [9.17, 15) is 4.79 Å². The van der Waals surface area contributed by atoms with E-state index in [0.717, 1.165) is 31.7 Å². The van der Waals surface area contributed by atoms with Crippen molar-refractivity contribution in [1.29, 1.82) is 0 Å². The summed E-state index contributed by atoms with van der Waals surface area (Å²) in [7, 11) is 0. The molecule has 104 valence electrons. The summed E-state index contributed by atoms with van der Waals surface area (Å²) in [6.45, 7) is 6.03. The Labute approximate surface area is 113 Å². The first-order chi connectivity index (χ1) is 9.20. The van der Waals surface area contributed by atoms with Gasteiger partial charge < -0.3 is 10.0 Å². The standard InChI is InChI=1S/C14H21N3O2/c1-12-3-4-13(11-15-12)14(19)17-6-2-5-16(7-8-17)9-10-18/h3-4,11,18H,2,5-10H2,1H3. The van der Waals surface area contributed by atoms with E-state index in [4.69, 9.17) is 5.11 Å². The fourth-order valence-corrected chi connectivity index (χ4v) is 2.32. The topological polar surface area (TPSA) is 56.7 Å². The fraction of sp³-hybridized carbons (Fsp3) is 0.571. The minimum Gasteiger partial charge on any atom is -0.395 e. The molecular formula is C14H21N3O2. The van der Waals surface area contributed by atoms with Gasteiger partial charge in [0.15, 0.2) is 0 Å². The zero-order valence-electron chi connectivity index (χ0n) is 11.4. The summed E-state index contributed by atoms with van der Waals surface area (Å²) >= 11 is 0. The molecule has 19 heavy (non-hydrogen) atoms. The molecule has 1 aromatic rings. The fourth-order valence-electron chi connectivity index (χ4n) is 2.32. The molecule has 2 rings (SSSR count). The van der Waals surface area contributed by atoms with Crippen molar-refractivity contribution in [3.05, 3.63) is 29.6 Å². The lowest BCUT2D eigenvalue weighted by molar-refractivity contribution is 0.0760. The zero-order chi connectivity index (χ0) is 13.7. The van der Waals surface area contributed by atoms with Crippen LogP contribution in [0.3, 0.4) is 0 Å². The van der Waals surface area contributed by atoms with Crippen molar-refractivity contribution in [2.24, 2.45) is 0 Å². The van der Waals surface area contributed by atoms with Crippen LogP contribution in [-0.4, -0.2) is 65.1 Å². The number of hydrogen-bond donors (Lipinski definition) is 1. The van der Waals surface area contributed by atoms with Crippen molar-refractivity contribution >= 4 is 5.91 Å². The van der Waals surface area contributed by atoms with Gasteiger partial charge in [0, 0.05) is 38.1 Å². The Morgan fingerprint density at radius 1 is 1.32 bits per heavy atom. The van der Waals surface area contributed by atoms with Gasteiger partial charge in [-0.25, -0.2) is 0 Å². The number of aliphatic hydroxyl groups is 1. The Hall–Kier alpha value is -1.46. The SMILES string of the molecule is Cc1ccc(C(=O)N2CCCN(CCO)CC2)cn1. The van der Waals surface area contributed by atoms with E-state index in [0.29, 0.717) is 18.7 Å². The van der Waals surface area contributed by atoms with Crippen LogP contribution in [0.4, 0.5) is 0 Å². The lowest BCUT2D eigenvalue weighted by Crippen LogP contribution is -2.36. The van der Waals surface area contributed by atoms with Gasteiger partial charge in [0.1, 0.15) is 0 Å². The van der Waals surface area contributed by atoms with Crippen LogP contribution in [0.2, 0.25) is 0 Å². The maximum atomic E-state index is 12.3. The predicted molar refractivity (Wildman–Crippen MR) is 73.0 cm³/mol. The summed E-state index contributed by atoms with van der Waals surface area (Å²) < 4.78 is 0. The molecule has 0 spiro atoms. The van der Waals surface area contributed by atoms with Gasteiger partial charge >= 0.3 is 0 Å². The maximum Gasteiger partial charge on any atom is 0.255 e. The number of β-amino-alcohol motifs (C(OH)–C–C–N with tert-alkyl or cyclic N) is 1. The molecule has 1 saturated heterocycles. The van der Waals surface area contributed by atoms with Crippen LogP contribution in [0.1, 0.15) is 22.5 Å². The third-order valence-electron chi connectivity index (χ3n) is 3.45. The summed E-state index contributed by atoms with van der Waals surface area (Å²) in [5, 5.41) is 8.96. The molecule has 0 bridgehead atoms. The number of amides is 1. The van der Waals surface area contributed by atoms with Gasteiger partial charge in [0.05, 0.1) is 12.2 Å². The molecule has 1 fully saturated rings. The predicted octanol–water partition coefficient (Wildman–Crippen LogP) is 0.530. The summed E-state index contributed by atoms with van der Waals surface area (Å²) in [4.78, 5) is 20.6. The highest BCUT2D eigenvalue weighted by molar-refractivity contribution is 5.93. The van der Waals surface area contributed by atoms with Crippen LogP contribution in [0.5, 0.6) is 0 Å². The second-order valence-corrected chi connectivity index (χ2v) is 4.90. The van der Waals surface area contributed by atoms with Crippen LogP contribution < -0.4 is 0 Å². The number of nitrogens with zero attached hydrogens (tertiary/aromatic N) is 3. The van der Waals surface area contributed by atoms with Crippen molar-refractivity contribution in [3.63, 3.8) is 0 Å². The van der Waals surface area contributed by atoms with Crippen LogP contribution >= 0.6 is 0 Å². The van der Waals surface area contributed by atoms with E-state index in [1.54, 1.807) is 6.20 Å². The van der Waals surface area contributed by atoms with E-state index in [1.807, 2.05) is 24.0 Å². The number of aliphatic hydroxyl groups excluding tert-OH is 1. The largest absolute Gasteiger partial charge is 0.395 e. The Morgan fingerprint density at radius 3 is 2.84 bits per heavy atom. The van der Waals surface area contributed by atoms with Crippen molar-refractivity contribution < 1.29 is 9.90 Å². The Kier molecular flexibility index (Phi) is 4.87. The number of pyridine rings is 1. The molecule has 0 unspecified atom stereocenters. The van der Waals surface area contributed by atoms with Gasteiger partial charge in [-0.3, -0.25) is 14.7 Å². The third-order valence-corrected chi connectivity index (χ3v) is 3.45. The molecule has 1 N–H and O–H groups in total. The Bertz CT molecular complexity index is 419. The molecule has 0 aliphatic carbocycles. The molecule has 0 aromatic carbocycles. The van der Waals surface area contributed by atoms with Crippen molar-refractivity contribution in [1.82, 2.24) is 14.8 Å². The van der Waals surface area contributed by atoms with E-state index in [-0.39, 0.29) is 12.5 Å². The lowest BCUT2D eigenvalue weighted by Gasteiger charge is -2.21. The number of rotatable bonds is 3. The molecule has 1 aliphatic heterocycles. The highest BCUT2D eigenvalue weighted by Gasteiger charge is 2.20. The van der Waals surface area contributed by atoms with Gasteiger partial charge in [-0.05, 0) is 32.0 Å². The highest BCUT2D eigenvalue weighted by Crippen LogP contribution is 2.09. The first-order valence-electron chi connectivity index (χ1n) is 6.76. The molecular weight excluding hydrogens is 242 g/mol. The highest BCUT2D eigenvalue weighted by atomic mass is 16.3. The summed E-state index contributed by atoms with van der Waals surface area (Å²) in [6, 6.07) is 3.70. The van der Waals surface area contributed by atoms with Gasteiger partial charge in [-0.2, -0.15) is 0 Å². The molecule has 2 heterocycles. The number of hydrogen-bond acceptors (Lipinski definition) is 4. The number of aryl methyl sites for hydroxylation is 1. The maximum absolute atomic E-state index is 12.3. The van der Waals surface area contributed by atoms with E-state index < -0.39 is 0 Å². The average molecular weight is 263 g/mol. The lowest BCUT2D eigenvalue weighted by atomic mass is 10.2. The molecule has 1 amide bonds. The van der Waals surface area contributed by atoms with E-state index >= 15 is 0 Å². The minimum absolute atomic E-state index is 0.0540. The third kappa shape index (κ3) is 3.75. The number of carbonyl (C=O) groups excluding carboxylic acids is 1. The number of carbonyl (C=O) groups is 1. The van der Waals surface area contributed by atoms with Crippen molar-refractivity contribution in [2.75, 3.05) is 39.3 Å². The molecule has 5 nitrogen and oxygen atoms in total. The number of aromatic nitrogens is 1. The molecule has 0 saturated carbocycles. The molecule has 0 atom stereocenters. The molecule has 0 radical (unpaired) electrons. The summed E-state index contributed by atoms with van der Waals surface area (Å²) in [5.74, 6) is 0.0540. The monoisotopic (exact) mass is 263 g/mol. The molecule has 5 heteroatoms. The smallest absolute Gasteiger partial charge is 0.255 e. The van der Waals surface area contributed by atoms with E-state index in [2.05, 4.69) is 9.88 Å². The second-order valence-electron chi connectivity index (χ2n) is 4.90.